The number of rotatable bonds is 4. The summed E-state index contributed by atoms with van der Waals surface area (Å²) in [4.78, 5) is -0.966. The van der Waals surface area contributed by atoms with Gasteiger partial charge in [-0.05, 0) is 36.4 Å². The number of nitrogen functional groups attached to an aromatic ring is 1. The topological polar surface area (TPSA) is 165 Å². The molecule has 3 aromatic carbocycles. The molecule has 2 N–H and O–H groups in total. The Morgan fingerprint density at radius 2 is 1.34 bits per heavy atom. The SMILES string of the molecule is Nc1ccc(N=Nc2ccccc2S(=O)(=O)[O-])c2ccc(S(=O)(=O)[O-])cc12.[Na+].[Na+]. The number of nitrogens with two attached hydrogens (primary N) is 1. The van der Waals surface area contributed by atoms with Crippen molar-refractivity contribution in [2.24, 2.45) is 10.2 Å². The first-order valence-electron chi connectivity index (χ1n) is 7.32. The molecule has 0 unspecified atom stereocenters. The van der Waals surface area contributed by atoms with Crippen molar-refractivity contribution in [3.8, 4) is 0 Å². The fraction of sp³-hybridized carbons (Fsp3) is 0. The molecule has 0 aliphatic rings. The van der Waals surface area contributed by atoms with E-state index in [9.17, 15) is 25.9 Å². The monoisotopic (exact) mass is 451 g/mol. The molecule has 0 atom stereocenters. The summed E-state index contributed by atoms with van der Waals surface area (Å²) in [7, 11) is -9.40. The summed E-state index contributed by atoms with van der Waals surface area (Å²) in [6, 6.07) is 11.8. The molecule has 0 amide bonds. The predicted molar refractivity (Wildman–Crippen MR) is 94.9 cm³/mol. The molecule has 13 heteroatoms. The fourth-order valence-corrected chi connectivity index (χ4v) is 3.54. The predicted octanol–water partition coefficient (Wildman–Crippen LogP) is -3.35. The van der Waals surface area contributed by atoms with Crippen molar-refractivity contribution >= 4 is 48.1 Å². The van der Waals surface area contributed by atoms with Gasteiger partial charge in [0, 0.05) is 16.5 Å². The summed E-state index contributed by atoms with van der Waals surface area (Å²) >= 11 is 0. The van der Waals surface area contributed by atoms with Crippen molar-refractivity contribution in [1.29, 1.82) is 0 Å². The Morgan fingerprint density at radius 1 is 0.724 bits per heavy atom. The standard InChI is InChI=1S/C16H13N3O6S2.2Na/c17-13-7-8-14(11-6-5-10(9-12(11)13)26(20,21)22)18-19-15-3-1-2-4-16(15)27(23,24)25;;/h1-9H,17H2,(H,20,21,22)(H,23,24,25);;/q;2*+1/p-2. The van der Waals surface area contributed by atoms with Crippen molar-refractivity contribution in [2.45, 2.75) is 9.79 Å². The maximum Gasteiger partial charge on any atom is 1.00 e. The first kappa shape index (κ1) is 26.2. The van der Waals surface area contributed by atoms with Gasteiger partial charge in [0.25, 0.3) is 0 Å². The van der Waals surface area contributed by atoms with E-state index in [0.29, 0.717) is 5.39 Å². The average molecular weight is 451 g/mol. The molecule has 9 nitrogen and oxygen atoms in total. The largest absolute Gasteiger partial charge is 1.00 e. The van der Waals surface area contributed by atoms with Crippen LogP contribution in [0.3, 0.4) is 0 Å². The maximum atomic E-state index is 11.3. The molecule has 0 saturated heterocycles. The number of anilines is 1. The minimum Gasteiger partial charge on any atom is -0.744 e. The number of nitrogens with zero attached hydrogens (tertiary/aromatic N) is 2. The first-order chi connectivity index (χ1) is 12.6. The van der Waals surface area contributed by atoms with Gasteiger partial charge < -0.3 is 14.8 Å². The van der Waals surface area contributed by atoms with Gasteiger partial charge in [-0.1, -0.05) is 18.2 Å². The number of fused-ring (bicyclic) bond motifs is 1. The quantitative estimate of drug-likeness (QED) is 0.187. The second kappa shape index (κ2) is 9.96. The summed E-state index contributed by atoms with van der Waals surface area (Å²) in [6.07, 6.45) is 0. The van der Waals surface area contributed by atoms with Crippen LogP contribution in [-0.2, 0) is 20.2 Å². The third-order valence-corrected chi connectivity index (χ3v) is 5.40. The summed E-state index contributed by atoms with van der Waals surface area (Å²) < 4.78 is 67.5. The summed E-state index contributed by atoms with van der Waals surface area (Å²) in [6.45, 7) is 0. The maximum absolute atomic E-state index is 11.3. The van der Waals surface area contributed by atoms with E-state index in [1.807, 2.05) is 0 Å². The van der Waals surface area contributed by atoms with Crippen LogP contribution >= 0.6 is 0 Å². The minimum atomic E-state index is -4.73. The van der Waals surface area contributed by atoms with Crippen LogP contribution in [0.2, 0.25) is 0 Å². The van der Waals surface area contributed by atoms with E-state index >= 15 is 0 Å². The second-order valence-electron chi connectivity index (χ2n) is 5.46. The average Bonchev–Trinajstić information content (AvgIpc) is 2.60. The molecule has 3 rings (SSSR count). The minimum absolute atomic E-state index is 0. The molecule has 0 aliphatic heterocycles. The van der Waals surface area contributed by atoms with E-state index in [4.69, 9.17) is 5.73 Å². The Morgan fingerprint density at radius 3 is 1.97 bits per heavy atom. The Bertz CT molecular complexity index is 1300. The molecule has 0 fully saturated rings. The van der Waals surface area contributed by atoms with Crippen LogP contribution in [0.5, 0.6) is 0 Å². The molecule has 0 saturated carbocycles. The van der Waals surface area contributed by atoms with Crippen LogP contribution < -0.4 is 64.8 Å². The molecule has 140 valence electrons. The summed E-state index contributed by atoms with van der Waals surface area (Å²) in [5, 5.41) is 8.44. The fourth-order valence-electron chi connectivity index (χ4n) is 2.44. The van der Waals surface area contributed by atoms with Gasteiger partial charge in [0.05, 0.1) is 15.5 Å². The molecule has 0 bridgehead atoms. The van der Waals surface area contributed by atoms with Crippen LogP contribution in [0, 0.1) is 0 Å². The third kappa shape index (κ3) is 6.07. The molecule has 0 spiro atoms. The van der Waals surface area contributed by atoms with E-state index in [1.165, 1.54) is 36.4 Å². The molecule has 0 heterocycles. The van der Waals surface area contributed by atoms with Gasteiger partial charge in [-0.3, -0.25) is 0 Å². The van der Waals surface area contributed by atoms with E-state index in [-0.39, 0.29) is 81.6 Å². The van der Waals surface area contributed by atoms with E-state index in [0.717, 1.165) is 18.2 Å². The van der Waals surface area contributed by atoms with Crippen LogP contribution in [0.25, 0.3) is 10.8 Å². The Balaban J connectivity index is 0.00000210. The summed E-state index contributed by atoms with van der Waals surface area (Å²) in [5.74, 6) is 0. The van der Waals surface area contributed by atoms with Crippen molar-refractivity contribution in [1.82, 2.24) is 0 Å². The zero-order chi connectivity index (χ0) is 19.8. The van der Waals surface area contributed by atoms with Gasteiger partial charge in [-0.2, -0.15) is 0 Å². The Labute approximate surface area is 211 Å². The van der Waals surface area contributed by atoms with Crippen molar-refractivity contribution in [2.75, 3.05) is 5.73 Å². The molecule has 0 aromatic heterocycles. The van der Waals surface area contributed by atoms with Crippen molar-refractivity contribution in [3.63, 3.8) is 0 Å². The third-order valence-electron chi connectivity index (χ3n) is 3.69. The van der Waals surface area contributed by atoms with Gasteiger partial charge in [-0.15, -0.1) is 10.2 Å². The number of azo groups is 1. The Kier molecular flexibility index (Phi) is 8.99. The molecule has 0 radical (unpaired) electrons. The summed E-state index contributed by atoms with van der Waals surface area (Å²) in [5.41, 5.74) is 6.16. The molecule has 3 aromatic rings. The van der Waals surface area contributed by atoms with Gasteiger partial charge in [0.1, 0.15) is 25.9 Å². The number of hydrogen-bond donors (Lipinski definition) is 1. The van der Waals surface area contributed by atoms with E-state index in [1.54, 1.807) is 0 Å². The zero-order valence-corrected chi connectivity index (χ0v) is 21.1. The van der Waals surface area contributed by atoms with E-state index in [2.05, 4.69) is 10.2 Å². The second-order valence-corrected chi connectivity index (χ2v) is 8.19. The number of benzene rings is 3. The Hall–Kier alpha value is -0.860. The van der Waals surface area contributed by atoms with Gasteiger partial charge >= 0.3 is 59.1 Å². The zero-order valence-electron chi connectivity index (χ0n) is 15.4. The van der Waals surface area contributed by atoms with Crippen molar-refractivity contribution in [3.05, 3.63) is 54.6 Å². The van der Waals surface area contributed by atoms with E-state index < -0.39 is 30.0 Å². The van der Waals surface area contributed by atoms with Crippen molar-refractivity contribution < 1.29 is 85.1 Å². The van der Waals surface area contributed by atoms with Gasteiger partial charge in [0.15, 0.2) is 0 Å². The number of hydrogen-bond acceptors (Lipinski definition) is 9. The first-order valence-corrected chi connectivity index (χ1v) is 10.1. The van der Waals surface area contributed by atoms with Gasteiger partial charge in [-0.25, -0.2) is 16.8 Å². The smallest absolute Gasteiger partial charge is 0.744 e. The van der Waals surface area contributed by atoms with Gasteiger partial charge in [0.2, 0.25) is 0 Å². The van der Waals surface area contributed by atoms with Crippen LogP contribution in [0.1, 0.15) is 0 Å². The molecular formula is C16H11N3Na2O6S2. The normalized spacial score (nSPS) is 11.8. The van der Waals surface area contributed by atoms with Crippen LogP contribution in [-0.4, -0.2) is 25.9 Å². The van der Waals surface area contributed by atoms with Crippen LogP contribution in [0.15, 0.2) is 74.6 Å². The molecule has 29 heavy (non-hydrogen) atoms. The van der Waals surface area contributed by atoms with Crippen LogP contribution in [0.4, 0.5) is 17.1 Å². The molecular weight excluding hydrogens is 440 g/mol. The molecule has 0 aliphatic carbocycles.